The Morgan fingerprint density at radius 3 is 2.72 bits per heavy atom. The van der Waals surface area contributed by atoms with Crippen molar-refractivity contribution < 1.29 is 9.21 Å². The number of likely N-dealkylation sites (tertiary alicyclic amines) is 1. The number of hydrogen-bond donors (Lipinski definition) is 1. The van der Waals surface area contributed by atoms with Gasteiger partial charge in [-0.05, 0) is 75.5 Å². The SMILES string of the molecule is CC(=O)N[C@H](c1ccccn1)C1CCN(Cc2oc3ccc(C)cc3c2C)CC1. The Morgan fingerprint density at radius 2 is 2.03 bits per heavy atom. The topological polar surface area (TPSA) is 58.4 Å². The van der Waals surface area contributed by atoms with Crippen molar-refractivity contribution in [3.63, 3.8) is 0 Å². The molecule has 152 valence electrons. The van der Waals surface area contributed by atoms with Crippen LogP contribution in [0.5, 0.6) is 0 Å². The number of carbonyl (C=O) groups is 1. The van der Waals surface area contributed by atoms with Gasteiger partial charge in [0.2, 0.25) is 5.91 Å². The molecule has 3 aromatic rings. The van der Waals surface area contributed by atoms with Crippen molar-refractivity contribution in [2.24, 2.45) is 5.92 Å². The maximum absolute atomic E-state index is 11.8. The van der Waals surface area contributed by atoms with Crippen molar-refractivity contribution >= 4 is 16.9 Å². The summed E-state index contributed by atoms with van der Waals surface area (Å²) >= 11 is 0. The Kier molecular flexibility index (Phi) is 5.67. The lowest BCUT2D eigenvalue weighted by Crippen LogP contribution is -2.40. The van der Waals surface area contributed by atoms with E-state index in [9.17, 15) is 4.79 Å². The number of aromatic nitrogens is 1. The highest BCUT2D eigenvalue weighted by Gasteiger charge is 2.29. The molecule has 29 heavy (non-hydrogen) atoms. The number of amides is 1. The standard InChI is InChI=1S/C24H29N3O2/c1-16-7-8-22-20(14-16)17(2)23(29-22)15-27-12-9-19(10-13-27)24(26-18(3)28)21-6-4-5-11-25-21/h4-8,11,14,19,24H,9-10,12-13,15H2,1-3H3,(H,26,28)/t24-/m0/s1. The molecule has 3 heterocycles. The van der Waals surface area contributed by atoms with Crippen LogP contribution in [0.3, 0.4) is 0 Å². The predicted molar refractivity (Wildman–Crippen MR) is 114 cm³/mol. The quantitative estimate of drug-likeness (QED) is 0.694. The van der Waals surface area contributed by atoms with Crippen LogP contribution in [0.1, 0.15) is 48.4 Å². The molecule has 1 saturated heterocycles. The minimum Gasteiger partial charge on any atom is -0.459 e. The highest BCUT2D eigenvalue weighted by molar-refractivity contribution is 5.82. The van der Waals surface area contributed by atoms with Gasteiger partial charge < -0.3 is 9.73 Å². The summed E-state index contributed by atoms with van der Waals surface area (Å²) in [4.78, 5) is 18.7. The van der Waals surface area contributed by atoms with Gasteiger partial charge in [-0.1, -0.05) is 17.7 Å². The van der Waals surface area contributed by atoms with Crippen molar-refractivity contribution in [2.45, 2.75) is 46.2 Å². The molecule has 0 aliphatic carbocycles. The number of benzene rings is 1. The maximum Gasteiger partial charge on any atom is 0.217 e. The fourth-order valence-electron chi connectivity index (χ4n) is 4.40. The molecule has 5 nitrogen and oxygen atoms in total. The van der Waals surface area contributed by atoms with Crippen molar-refractivity contribution in [2.75, 3.05) is 13.1 Å². The van der Waals surface area contributed by atoms with E-state index in [1.807, 2.05) is 18.2 Å². The second-order valence-corrected chi connectivity index (χ2v) is 8.20. The van der Waals surface area contributed by atoms with Crippen LogP contribution in [0.25, 0.3) is 11.0 Å². The zero-order chi connectivity index (χ0) is 20.4. The monoisotopic (exact) mass is 391 g/mol. The van der Waals surface area contributed by atoms with Gasteiger partial charge in [-0.25, -0.2) is 0 Å². The number of fused-ring (bicyclic) bond motifs is 1. The average Bonchev–Trinajstić information content (AvgIpc) is 3.02. The molecule has 0 bridgehead atoms. The van der Waals surface area contributed by atoms with Gasteiger partial charge in [0.15, 0.2) is 0 Å². The second-order valence-electron chi connectivity index (χ2n) is 8.20. The van der Waals surface area contributed by atoms with Gasteiger partial charge in [0.25, 0.3) is 0 Å². The summed E-state index contributed by atoms with van der Waals surface area (Å²) in [5.74, 6) is 1.45. The Bertz CT molecular complexity index is 988. The minimum atomic E-state index is -0.0215. The van der Waals surface area contributed by atoms with E-state index < -0.39 is 0 Å². The van der Waals surface area contributed by atoms with Crippen molar-refractivity contribution in [1.82, 2.24) is 15.2 Å². The first-order chi connectivity index (χ1) is 14.0. The lowest BCUT2D eigenvalue weighted by Gasteiger charge is -2.35. The van der Waals surface area contributed by atoms with E-state index in [1.54, 1.807) is 13.1 Å². The molecule has 0 radical (unpaired) electrons. The van der Waals surface area contributed by atoms with Crippen LogP contribution in [-0.4, -0.2) is 28.9 Å². The summed E-state index contributed by atoms with van der Waals surface area (Å²) in [5.41, 5.74) is 4.42. The Morgan fingerprint density at radius 1 is 1.24 bits per heavy atom. The van der Waals surface area contributed by atoms with Crippen LogP contribution in [0, 0.1) is 19.8 Å². The number of rotatable bonds is 5. The van der Waals surface area contributed by atoms with E-state index in [0.717, 1.165) is 49.5 Å². The second kappa shape index (κ2) is 8.37. The van der Waals surface area contributed by atoms with Gasteiger partial charge in [0, 0.05) is 18.5 Å². The molecule has 0 saturated carbocycles. The molecular formula is C24H29N3O2. The normalized spacial score (nSPS) is 16.8. The van der Waals surface area contributed by atoms with Gasteiger partial charge >= 0.3 is 0 Å². The van der Waals surface area contributed by atoms with E-state index in [2.05, 4.69) is 47.2 Å². The number of aryl methyl sites for hydroxylation is 2. The minimum absolute atomic E-state index is 0.00345. The third kappa shape index (κ3) is 4.35. The number of nitrogens with one attached hydrogen (secondary N) is 1. The van der Waals surface area contributed by atoms with Gasteiger partial charge in [-0.3, -0.25) is 14.7 Å². The molecule has 2 aromatic heterocycles. The molecule has 0 spiro atoms. The number of hydrogen-bond acceptors (Lipinski definition) is 4. The highest BCUT2D eigenvalue weighted by Crippen LogP contribution is 2.32. The van der Waals surface area contributed by atoms with Crippen molar-refractivity contribution in [3.05, 3.63) is 65.2 Å². The van der Waals surface area contributed by atoms with E-state index in [4.69, 9.17) is 4.42 Å². The molecule has 1 aliphatic rings. The fraction of sp³-hybridized carbons (Fsp3) is 0.417. The van der Waals surface area contributed by atoms with E-state index in [1.165, 1.54) is 16.5 Å². The third-order valence-electron chi connectivity index (χ3n) is 6.03. The Balaban J connectivity index is 1.43. The molecule has 1 N–H and O–H groups in total. The molecule has 0 unspecified atom stereocenters. The van der Waals surface area contributed by atoms with Crippen LogP contribution in [0.4, 0.5) is 0 Å². The van der Waals surface area contributed by atoms with Crippen LogP contribution in [-0.2, 0) is 11.3 Å². The first-order valence-electron chi connectivity index (χ1n) is 10.4. The molecule has 1 aromatic carbocycles. The van der Waals surface area contributed by atoms with Gasteiger partial charge in [0.1, 0.15) is 11.3 Å². The van der Waals surface area contributed by atoms with Crippen LogP contribution < -0.4 is 5.32 Å². The number of nitrogens with zero attached hydrogens (tertiary/aromatic N) is 2. The van der Waals surface area contributed by atoms with Crippen LogP contribution in [0.2, 0.25) is 0 Å². The third-order valence-corrected chi connectivity index (χ3v) is 6.03. The smallest absolute Gasteiger partial charge is 0.217 e. The number of pyridine rings is 1. The molecule has 5 heteroatoms. The molecule has 1 fully saturated rings. The molecule has 1 aliphatic heterocycles. The number of furan rings is 1. The summed E-state index contributed by atoms with van der Waals surface area (Å²) < 4.78 is 6.14. The lowest BCUT2D eigenvalue weighted by molar-refractivity contribution is -0.120. The summed E-state index contributed by atoms with van der Waals surface area (Å²) in [6, 6.07) is 12.2. The summed E-state index contributed by atoms with van der Waals surface area (Å²) in [6.07, 6.45) is 3.85. The van der Waals surface area contributed by atoms with Gasteiger partial charge in [0.05, 0.1) is 18.3 Å². The molecule has 4 rings (SSSR count). The number of carbonyl (C=O) groups excluding carboxylic acids is 1. The lowest BCUT2D eigenvalue weighted by atomic mass is 9.87. The van der Waals surface area contributed by atoms with Gasteiger partial charge in [-0.15, -0.1) is 0 Å². The first kappa shape index (κ1) is 19.6. The van der Waals surface area contributed by atoms with E-state index >= 15 is 0 Å². The molecular weight excluding hydrogens is 362 g/mol. The first-order valence-corrected chi connectivity index (χ1v) is 10.4. The largest absolute Gasteiger partial charge is 0.459 e. The summed E-state index contributed by atoms with van der Waals surface area (Å²) in [6.45, 7) is 8.66. The number of piperidine rings is 1. The Labute approximate surface area is 172 Å². The van der Waals surface area contributed by atoms with Crippen molar-refractivity contribution in [1.29, 1.82) is 0 Å². The molecule has 1 atom stereocenters. The fourth-order valence-corrected chi connectivity index (χ4v) is 4.40. The summed E-state index contributed by atoms with van der Waals surface area (Å²) in [5, 5.41) is 4.34. The maximum atomic E-state index is 11.8. The molecule has 1 amide bonds. The Hall–Kier alpha value is -2.66. The van der Waals surface area contributed by atoms with Gasteiger partial charge in [-0.2, -0.15) is 0 Å². The summed E-state index contributed by atoms with van der Waals surface area (Å²) in [7, 11) is 0. The zero-order valence-electron chi connectivity index (χ0n) is 17.4. The van der Waals surface area contributed by atoms with Crippen LogP contribution >= 0.6 is 0 Å². The van der Waals surface area contributed by atoms with E-state index in [0.29, 0.717) is 5.92 Å². The van der Waals surface area contributed by atoms with E-state index in [-0.39, 0.29) is 11.9 Å². The van der Waals surface area contributed by atoms with Crippen LogP contribution in [0.15, 0.2) is 47.0 Å². The predicted octanol–water partition coefficient (Wildman–Crippen LogP) is 4.53. The zero-order valence-corrected chi connectivity index (χ0v) is 17.4. The van der Waals surface area contributed by atoms with Crippen molar-refractivity contribution in [3.8, 4) is 0 Å². The average molecular weight is 392 g/mol. The highest BCUT2D eigenvalue weighted by atomic mass is 16.3.